The van der Waals surface area contributed by atoms with Crippen molar-refractivity contribution in [1.29, 1.82) is 0 Å². The van der Waals surface area contributed by atoms with Crippen molar-refractivity contribution < 1.29 is 17.5 Å². The van der Waals surface area contributed by atoms with Gasteiger partial charge in [0.05, 0.1) is 18.1 Å². The van der Waals surface area contributed by atoms with Crippen molar-refractivity contribution in [3.63, 3.8) is 0 Å². The summed E-state index contributed by atoms with van der Waals surface area (Å²) in [5, 5.41) is 0. The molecule has 7 heteroatoms. The highest BCUT2D eigenvalue weighted by Crippen LogP contribution is 2.33. The van der Waals surface area contributed by atoms with Gasteiger partial charge in [0.25, 0.3) is 0 Å². The van der Waals surface area contributed by atoms with Crippen molar-refractivity contribution >= 4 is 10.0 Å². The maximum atomic E-state index is 14.7. The van der Waals surface area contributed by atoms with E-state index in [4.69, 9.17) is 4.74 Å². The van der Waals surface area contributed by atoms with Gasteiger partial charge in [-0.25, -0.2) is 12.8 Å². The molecule has 0 radical (unpaired) electrons. The molecule has 140 valence electrons. The Balaban J connectivity index is 1.65. The third kappa shape index (κ3) is 4.05. The Labute approximate surface area is 149 Å². The number of alkyl halides is 1. The number of ether oxygens (including phenoxy) is 1. The van der Waals surface area contributed by atoms with E-state index in [-0.39, 0.29) is 5.92 Å². The molecule has 0 amide bonds. The monoisotopic (exact) mass is 370 g/mol. The van der Waals surface area contributed by atoms with Crippen LogP contribution in [0.15, 0.2) is 29.2 Å². The normalized spacial score (nSPS) is 26.4. The Kier molecular flexibility index (Phi) is 5.48. The van der Waals surface area contributed by atoms with Gasteiger partial charge in [-0.2, -0.15) is 4.31 Å². The molecule has 2 heterocycles. The van der Waals surface area contributed by atoms with E-state index in [2.05, 4.69) is 4.90 Å². The zero-order valence-corrected chi connectivity index (χ0v) is 15.8. The molecular weight excluding hydrogens is 343 g/mol. The standard InChI is InChI=1S/C18H27FN2O3S/c1-15(2)18(19)7-8-20(14-18)13-16-3-5-17(6-4-16)25(22,23)21-9-11-24-12-10-21/h3-6,15H,7-14H2,1-2H3. The summed E-state index contributed by atoms with van der Waals surface area (Å²) in [4.78, 5) is 2.41. The van der Waals surface area contributed by atoms with E-state index in [9.17, 15) is 12.8 Å². The Morgan fingerprint density at radius 2 is 1.80 bits per heavy atom. The van der Waals surface area contributed by atoms with Crippen LogP contribution >= 0.6 is 0 Å². The minimum absolute atomic E-state index is 0.0125. The first-order chi connectivity index (χ1) is 11.8. The quantitative estimate of drug-likeness (QED) is 0.798. The second-order valence-electron chi connectivity index (χ2n) is 7.31. The van der Waals surface area contributed by atoms with Gasteiger partial charge in [-0.15, -0.1) is 0 Å². The topological polar surface area (TPSA) is 49.9 Å². The number of nitrogens with zero attached hydrogens (tertiary/aromatic N) is 2. The summed E-state index contributed by atoms with van der Waals surface area (Å²) in [7, 11) is -3.46. The number of rotatable bonds is 5. The summed E-state index contributed by atoms with van der Waals surface area (Å²) in [6.07, 6.45) is 0.564. The molecule has 1 aromatic carbocycles. The summed E-state index contributed by atoms with van der Waals surface area (Å²) in [6.45, 7) is 7.35. The number of morpholine rings is 1. The molecule has 1 unspecified atom stereocenters. The van der Waals surface area contributed by atoms with Crippen LogP contribution in [0.4, 0.5) is 4.39 Å². The lowest BCUT2D eigenvalue weighted by atomic mass is 9.92. The minimum atomic E-state index is -3.46. The van der Waals surface area contributed by atoms with Crippen LogP contribution in [0, 0.1) is 5.92 Å². The Morgan fingerprint density at radius 3 is 2.36 bits per heavy atom. The fourth-order valence-corrected chi connectivity index (χ4v) is 4.85. The molecule has 2 fully saturated rings. The Morgan fingerprint density at radius 1 is 1.16 bits per heavy atom. The smallest absolute Gasteiger partial charge is 0.243 e. The van der Waals surface area contributed by atoms with Gasteiger partial charge in [0.2, 0.25) is 10.0 Å². The first kappa shape index (κ1) is 18.8. The molecule has 2 aliphatic heterocycles. The van der Waals surface area contributed by atoms with Crippen LogP contribution in [0.3, 0.4) is 0 Å². The molecule has 0 N–H and O–H groups in total. The number of hydrogen-bond donors (Lipinski definition) is 0. The number of sulfonamides is 1. The third-order valence-corrected chi connectivity index (χ3v) is 7.22. The van der Waals surface area contributed by atoms with Gasteiger partial charge in [0, 0.05) is 32.7 Å². The Hall–Kier alpha value is -1.02. The van der Waals surface area contributed by atoms with Crippen LogP contribution in [0.5, 0.6) is 0 Å². The van der Waals surface area contributed by atoms with Crippen LogP contribution in [0.1, 0.15) is 25.8 Å². The average molecular weight is 370 g/mol. The summed E-state index contributed by atoms with van der Waals surface area (Å²) in [5.74, 6) is 0.0125. The van der Waals surface area contributed by atoms with Crippen LogP contribution in [-0.4, -0.2) is 62.7 Å². The first-order valence-electron chi connectivity index (χ1n) is 8.89. The van der Waals surface area contributed by atoms with E-state index >= 15 is 0 Å². The summed E-state index contributed by atoms with van der Waals surface area (Å²) in [6, 6.07) is 6.98. The van der Waals surface area contributed by atoms with E-state index in [1.165, 1.54) is 4.31 Å². The van der Waals surface area contributed by atoms with Crippen LogP contribution in [-0.2, 0) is 21.3 Å². The molecule has 1 aromatic rings. The largest absolute Gasteiger partial charge is 0.379 e. The molecule has 2 aliphatic rings. The Bertz CT molecular complexity index is 687. The van der Waals surface area contributed by atoms with Crippen LogP contribution < -0.4 is 0 Å². The lowest BCUT2D eigenvalue weighted by Gasteiger charge is -2.26. The first-order valence-corrected chi connectivity index (χ1v) is 10.3. The third-order valence-electron chi connectivity index (χ3n) is 5.30. The van der Waals surface area contributed by atoms with Crippen LogP contribution in [0.25, 0.3) is 0 Å². The molecule has 1 atom stereocenters. The molecule has 3 rings (SSSR count). The molecule has 0 aliphatic carbocycles. The number of benzene rings is 1. The molecule has 0 aromatic heterocycles. The molecule has 0 spiro atoms. The maximum Gasteiger partial charge on any atom is 0.243 e. The predicted molar refractivity (Wildman–Crippen MR) is 94.6 cm³/mol. The van der Waals surface area contributed by atoms with Gasteiger partial charge in [-0.3, -0.25) is 4.90 Å². The molecule has 25 heavy (non-hydrogen) atoms. The van der Waals surface area contributed by atoms with E-state index < -0.39 is 15.7 Å². The van der Waals surface area contributed by atoms with Gasteiger partial charge < -0.3 is 4.74 Å². The van der Waals surface area contributed by atoms with Crippen molar-refractivity contribution in [3.05, 3.63) is 29.8 Å². The van der Waals surface area contributed by atoms with Crippen molar-refractivity contribution in [2.45, 2.75) is 37.4 Å². The minimum Gasteiger partial charge on any atom is -0.379 e. The number of likely N-dealkylation sites (tertiary alicyclic amines) is 1. The molecular formula is C18H27FN2O3S. The summed E-state index contributed by atoms with van der Waals surface area (Å²) in [5.41, 5.74) is -0.103. The van der Waals surface area contributed by atoms with E-state index in [0.717, 1.165) is 12.1 Å². The summed E-state index contributed by atoms with van der Waals surface area (Å²) >= 11 is 0. The molecule has 0 bridgehead atoms. The second-order valence-corrected chi connectivity index (χ2v) is 9.25. The van der Waals surface area contributed by atoms with Crippen molar-refractivity contribution in [2.75, 3.05) is 39.4 Å². The average Bonchev–Trinajstić information content (AvgIpc) is 2.98. The van der Waals surface area contributed by atoms with Crippen molar-refractivity contribution in [1.82, 2.24) is 9.21 Å². The highest BCUT2D eigenvalue weighted by Gasteiger charge is 2.40. The molecule has 0 saturated carbocycles. The lowest BCUT2D eigenvalue weighted by Crippen LogP contribution is -2.40. The van der Waals surface area contributed by atoms with Gasteiger partial charge in [0.15, 0.2) is 0 Å². The van der Waals surface area contributed by atoms with Gasteiger partial charge >= 0.3 is 0 Å². The molecule has 5 nitrogen and oxygen atoms in total. The molecule has 2 saturated heterocycles. The zero-order valence-electron chi connectivity index (χ0n) is 14.9. The number of hydrogen-bond acceptors (Lipinski definition) is 4. The lowest BCUT2D eigenvalue weighted by molar-refractivity contribution is 0.0730. The van der Waals surface area contributed by atoms with E-state index in [1.54, 1.807) is 12.1 Å². The van der Waals surface area contributed by atoms with Gasteiger partial charge in [-0.1, -0.05) is 26.0 Å². The summed E-state index contributed by atoms with van der Waals surface area (Å²) < 4.78 is 46.6. The van der Waals surface area contributed by atoms with Crippen molar-refractivity contribution in [2.24, 2.45) is 5.92 Å². The highest BCUT2D eigenvalue weighted by molar-refractivity contribution is 7.89. The predicted octanol–water partition coefficient (Wildman–Crippen LogP) is 2.28. The fraction of sp³-hybridized carbons (Fsp3) is 0.667. The van der Waals surface area contributed by atoms with Crippen molar-refractivity contribution in [3.8, 4) is 0 Å². The van der Waals surface area contributed by atoms with Gasteiger partial charge in [0.1, 0.15) is 5.67 Å². The second kappa shape index (κ2) is 7.31. The fourth-order valence-electron chi connectivity index (χ4n) is 3.44. The maximum absolute atomic E-state index is 14.7. The zero-order chi connectivity index (χ0) is 18.1. The SMILES string of the molecule is CC(C)C1(F)CCN(Cc2ccc(S(=O)(=O)N3CCOCC3)cc2)C1. The van der Waals surface area contributed by atoms with Crippen LogP contribution in [0.2, 0.25) is 0 Å². The van der Waals surface area contributed by atoms with E-state index in [1.807, 2.05) is 26.0 Å². The number of halogens is 1. The van der Waals surface area contributed by atoms with E-state index in [0.29, 0.717) is 50.7 Å². The highest BCUT2D eigenvalue weighted by atomic mass is 32.2. The van der Waals surface area contributed by atoms with Gasteiger partial charge in [-0.05, 0) is 30.0 Å².